The predicted molar refractivity (Wildman–Crippen MR) is 130 cm³/mol. The standard InChI is InChI=1S/C26H34N2O4/c29-23-12-10-19(18-25(23)31)14-17-27-15-5-3-1-2-4-6-16-28-22-9-7-8-21-20(22)11-13-24(30)26(21)32/h7-13,18,27-32H,1-6,14-17H2. The fourth-order valence-electron chi connectivity index (χ4n) is 3.87. The molecule has 0 bridgehead atoms. The molecule has 0 radical (unpaired) electrons. The first kappa shape index (κ1) is 23.5. The zero-order chi connectivity index (χ0) is 22.8. The van der Waals surface area contributed by atoms with Crippen molar-refractivity contribution in [1.82, 2.24) is 5.32 Å². The van der Waals surface area contributed by atoms with Gasteiger partial charge in [-0.15, -0.1) is 0 Å². The van der Waals surface area contributed by atoms with Gasteiger partial charge >= 0.3 is 0 Å². The number of nitrogens with one attached hydrogen (secondary N) is 2. The second-order valence-corrected chi connectivity index (χ2v) is 8.21. The van der Waals surface area contributed by atoms with Gasteiger partial charge in [0.05, 0.1) is 0 Å². The number of hydrogen-bond acceptors (Lipinski definition) is 6. The van der Waals surface area contributed by atoms with Crippen molar-refractivity contribution in [2.75, 3.05) is 25.0 Å². The van der Waals surface area contributed by atoms with E-state index in [9.17, 15) is 20.4 Å². The van der Waals surface area contributed by atoms with E-state index in [0.29, 0.717) is 5.39 Å². The largest absolute Gasteiger partial charge is 0.504 e. The normalized spacial score (nSPS) is 11.1. The average Bonchev–Trinajstić information content (AvgIpc) is 2.79. The molecule has 0 saturated carbocycles. The minimum atomic E-state index is -0.0949. The summed E-state index contributed by atoms with van der Waals surface area (Å²) in [6.07, 6.45) is 7.93. The van der Waals surface area contributed by atoms with Gasteiger partial charge in [0.1, 0.15) is 0 Å². The summed E-state index contributed by atoms with van der Waals surface area (Å²) in [5.41, 5.74) is 1.99. The Kier molecular flexibility index (Phi) is 8.87. The molecule has 6 nitrogen and oxygen atoms in total. The molecule has 0 aliphatic rings. The zero-order valence-corrected chi connectivity index (χ0v) is 18.5. The molecular formula is C26H34N2O4. The van der Waals surface area contributed by atoms with Crippen LogP contribution in [0.4, 0.5) is 5.69 Å². The van der Waals surface area contributed by atoms with Gasteiger partial charge in [0.25, 0.3) is 0 Å². The van der Waals surface area contributed by atoms with Crippen LogP contribution in [0.5, 0.6) is 23.0 Å². The van der Waals surface area contributed by atoms with Gasteiger partial charge in [-0.3, -0.25) is 0 Å². The summed E-state index contributed by atoms with van der Waals surface area (Å²) in [7, 11) is 0. The number of fused-ring (bicyclic) bond motifs is 1. The lowest BCUT2D eigenvalue weighted by Crippen LogP contribution is -2.18. The van der Waals surface area contributed by atoms with E-state index in [1.165, 1.54) is 37.8 Å². The Hall–Kier alpha value is -3.12. The maximum atomic E-state index is 10.0. The van der Waals surface area contributed by atoms with Gasteiger partial charge in [-0.25, -0.2) is 0 Å². The lowest BCUT2D eigenvalue weighted by molar-refractivity contribution is 0.403. The highest BCUT2D eigenvalue weighted by molar-refractivity contribution is 5.98. The van der Waals surface area contributed by atoms with Crippen molar-refractivity contribution in [2.45, 2.75) is 44.9 Å². The van der Waals surface area contributed by atoms with Crippen LogP contribution in [-0.2, 0) is 6.42 Å². The molecule has 3 aromatic rings. The highest BCUT2D eigenvalue weighted by Gasteiger charge is 2.08. The minimum Gasteiger partial charge on any atom is -0.504 e. The quantitative estimate of drug-likeness (QED) is 0.161. The summed E-state index contributed by atoms with van der Waals surface area (Å²) in [5, 5.41) is 47.0. The molecule has 3 aromatic carbocycles. The lowest BCUT2D eigenvalue weighted by atomic mass is 10.1. The summed E-state index contributed by atoms with van der Waals surface area (Å²) < 4.78 is 0. The minimum absolute atomic E-state index is 0.0607. The van der Waals surface area contributed by atoms with Crippen molar-refractivity contribution < 1.29 is 20.4 Å². The number of hydrogen-bond donors (Lipinski definition) is 6. The molecule has 0 atom stereocenters. The van der Waals surface area contributed by atoms with Crippen LogP contribution in [0, 0.1) is 0 Å². The number of phenols is 4. The number of rotatable bonds is 13. The summed E-state index contributed by atoms with van der Waals surface area (Å²) >= 11 is 0. The maximum Gasteiger partial charge on any atom is 0.165 e. The first-order valence-corrected chi connectivity index (χ1v) is 11.5. The van der Waals surface area contributed by atoms with E-state index in [-0.39, 0.29) is 23.0 Å². The molecule has 0 spiro atoms. The molecule has 6 N–H and O–H groups in total. The number of unbranched alkanes of at least 4 members (excludes halogenated alkanes) is 5. The molecule has 3 rings (SSSR count). The number of phenolic OH excluding ortho intramolecular Hbond substituents is 4. The fourth-order valence-corrected chi connectivity index (χ4v) is 3.87. The topological polar surface area (TPSA) is 105 Å². The van der Waals surface area contributed by atoms with Crippen LogP contribution < -0.4 is 10.6 Å². The molecule has 0 aromatic heterocycles. The molecule has 0 aliphatic heterocycles. The summed E-state index contributed by atoms with van der Waals surface area (Å²) in [6, 6.07) is 14.0. The Bertz CT molecular complexity index is 1010. The molecule has 0 fully saturated rings. The average molecular weight is 439 g/mol. The van der Waals surface area contributed by atoms with E-state index in [2.05, 4.69) is 10.6 Å². The second-order valence-electron chi connectivity index (χ2n) is 8.21. The zero-order valence-electron chi connectivity index (χ0n) is 18.5. The van der Waals surface area contributed by atoms with Crippen molar-refractivity contribution in [3.8, 4) is 23.0 Å². The van der Waals surface area contributed by atoms with Crippen LogP contribution in [0.2, 0.25) is 0 Å². The van der Waals surface area contributed by atoms with Crippen molar-refractivity contribution in [1.29, 1.82) is 0 Å². The first-order chi connectivity index (χ1) is 15.6. The monoisotopic (exact) mass is 438 g/mol. The fraction of sp³-hybridized carbons (Fsp3) is 0.385. The Balaban J connectivity index is 1.21. The SMILES string of the molecule is Oc1ccc(CCNCCCCCCCCNc2cccc3c(O)c(O)ccc23)cc1O. The summed E-state index contributed by atoms with van der Waals surface area (Å²) in [4.78, 5) is 0. The molecule has 0 amide bonds. The molecule has 0 saturated heterocycles. The van der Waals surface area contributed by atoms with Crippen molar-refractivity contribution in [3.05, 3.63) is 54.1 Å². The van der Waals surface area contributed by atoms with E-state index < -0.39 is 0 Å². The van der Waals surface area contributed by atoms with Crippen molar-refractivity contribution in [3.63, 3.8) is 0 Å². The summed E-state index contributed by atoms with van der Waals surface area (Å²) in [6.45, 7) is 2.74. The predicted octanol–water partition coefficient (Wildman–Crippen LogP) is 5.25. The third kappa shape index (κ3) is 6.69. The van der Waals surface area contributed by atoms with E-state index in [1.807, 2.05) is 30.3 Å². The lowest BCUT2D eigenvalue weighted by Gasteiger charge is -2.11. The highest BCUT2D eigenvalue weighted by Crippen LogP contribution is 2.36. The molecular weight excluding hydrogens is 404 g/mol. The Morgan fingerprint density at radius 3 is 2.09 bits per heavy atom. The van der Waals surface area contributed by atoms with Crippen LogP contribution >= 0.6 is 0 Å². The van der Waals surface area contributed by atoms with E-state index in [0.717, 1.165) is 55.5 Å². The van der Waals surface area contributed by atoms with Gasteiger partial charge < -0.3 is 31.1 Å². The second kappa shape index (κ2) is 12.1. The number of benzene rings is 3. The van der Waals surface area contributed by atoms with Gasteiger partial charge in [0, 0.05) is 23.0 Å². The van der Waals surface area contributed by atoms with Crippen LogP contribution in [0.25, 0.3) is 10.8 Å². The van der Waals surface area contributed by atoms with Crippen molar-refractivity contribution in [2.24, 2.45) is 0 Å². The third-order valence-electron chi connectivity index (χ3n) is 5.74. The van der Waals surface area contributed by atoms with Gasteiger partial charge in [0.2, 0.25) is 0 Å². The van der Waals surface area contributed by atoms with Crippen LogP contribution in [0.1, 0.15) is 44.1 Å². The van der Waals surface area contributed by atoms with Gasteiger partial charge in [-0.2, -0.15) is 0 Å². The van der Waals surface area contributed by atoms with Crippen LogP contribution in [-0.4, -0.2) is 40.1 Å². The number of anilines is 1. The molecule has 0 unspecified atom stereocenters. The van der Waals surface area contributed by atoms with E-state index in [1.54, 1.807) is 6.07 Å². The van der Waals surface area contributed by atoms with Gasteiger partial charge in [-0.1, -0.05) is 43.9 Å². The molecule has 6 heteroatoms. The Morgan fingerprint density at radius 1 is 0.594 bits per heavy atom. The third-order valence-corrected chi connectivity index (χ3v) is 5.74. The van der Waals surface area contributed by atoms with Crippen molar-refractivity contribution >= 4 is 16.5 Å². The summed E-state index contributed by atoms with van der Waals surface area (Å²) in [5.74, 6) is -0.301. The van der Waals surface area contributed by atoms with Crippen LogP contribution in [0.3, 0.4) is 0 Å². The smallest absolute Gasteiger partial charge is 0.165 e. The Morgan fingerprint density at radius 2 is 1.31 bits per heavy atom. The maximum absolute atomic E-state index is 10.0. The molecule has 0 heterocycles. The Labute approximate surface area is 189 Å². The highest BCUT2D eigenvalue weighted by atomic mass is 16.3. The molecule has 32 heavy (non-hydrogen) atoms. The van der Waals surface area contributed by atoms with Gasteiger partial charge in [-0.05, 0) is 68.2 Å². The first-order valence-electron chi connectivity index (χ1n) is 11.5. The molecule has 172 valence electrons. The number of aromatic hydroxyl groups is 4. The van der Waals surface area contributed by atoms with Crippen LogP contribution in [0.15, 0.2) is 48.5 Å². The molecule has 0 aliphatic carbocycles. The van der Waals surface area contributed by atoms with E-state index in [4.69, 9.17) is 0 Å². The van der Waals surface area contributed by atoms with E-state index >= 15 is 0 Å². The van der Waals surface area contributed by atoms with Gasteiger partial charge in [0.15, 0.2) is 23.0 Å².